The van der Waals surface area contributed by atoms with E-state index in [2.05, 4.69) is 15.9 Å². The van der Waals surface area contributed by atoms with Gasteiger partial charge in [0.05, 0.1) is 4.47 Å². The van der Waals surface area contributed by atoms with Crippen LogP contribution in [0.25, 0.3) is 0 Å². The summed E-state index contributed by atoms with van der Waals surface area (Å²) in [7, 11) is 0. The van der Waals surface area contributed by atoms with Crippen molar-refractivity contribution in [1.29, 1.82) is 0 Å². The third kappa shape index (κ3) is 3.48. The average Bonchev–Trinajstić information content (AvgIpc) is 2.32. The molecule has 0 N–H and O–H groups in total. The van der Waals surface area contributed by atoms with Gasteiger partial charge in [-0.1, -0.05) is 17.7 Å². The Morgan fingerprint density at radius 1 is 1.16 bits per heavy atom. The number of benzene rings is 2. The van der Waals surface area contributed by atoms with E-state index >= 15 is 0 Å². The maximum Gasteiger partial charge on any atom is 0.137 e. The van der Waals surface area contributed by atoms with Crippen LogP contribution in [0.3, 0.4) is 0 Å². The van der Waals surface area contributed by atoms with Gasteiger partial charge in [-0.3, -0.25) is 0 Å². The predicted molar refractivity (Wildman–Crippen MR) is 79.4 cm³/mol. The topological polar surface area (TPSA) is 9.23 Å². The smallest absolute Gasteiger partial charge is 0.137 e. The number of ether oxygens (including phenoxy) is 1. The first-order chi connectivity index (χ1) is 8.97. The first kappa shape index (κ1) is 14.4. The van der Waals surface area contributed by atoms with Crippen LogP contribution in [0.5, 0.6) is 5.75 Å². The van der Waals surface area contributed by atoms with Gasteiger partial charge in [-0.05, 0) is 70.7 Å². The van der Waals surface area contributed by atoms with Crippen molar-refractivity contribution in [2.75, 3.05) is 0 Å². The largest absolute Gasteiger partial charge is 0.488 e. The van der Waals surface area contributed by atoms with Crippen molar-refractivity contribution < 1.29 is 9.13 Å². The Kier molecular flexibility index (Phi) is 4.48. The van der Waals surface area contributed by atoms with Crippen LogP contribution in [0.15, 0.2) is 34.8 Å². The highest BCUT2D eigenvalue weighted by Crippen LogP contribution is 2.28. The molecule has 0 atom stereocenters. The Balaban J connectivity index is 2.16. The maximum absolute atomic E-state index is 13.1. The van der Waals surface area contributed by atoms with Gasteiger partial charge in [-0.25, -0.2) is 4.39 Å². The zero-order valence-corrected chi connectivity index (χ0v) is 13.0. The molecule has 0 aliphatic carbocycles. The van der Waals surface area contributed by atoms with Gasteiger partial charge in [0.15, 0.2) is 0 Å². The van der Waals surface area contributed by atoms with E-state index in [1.54, 1.807) is 12.1 Å². The minimum absolute atomic E-state index is 0.275. The number of halogens is 3. The molecule has 0 aliphatic rings. The van der Waals surface area contributed by atoms with Crippen molar-refractivity contribution in [3.8, 4) is 5.75 Å². The van der Waals surface area contributed by atoms with Gasteiger partial charge in [0.2, 0.25) is 0 Å². The lowest BCUT2D eigenvalue weighted by Gasteiger charge is -2.13. The van der Waals surface area contributed by atoms with Crippen LogP contribution in [-0.2, 0) is 6.61 Å². The van der Waals surface area contributed by atoms with Crippen molar-refractivity contribution in [2.45, 2.75) is 20.5 Å². The molecule has 0 heterocycles. The second-order valence-corrected chi connectivity index (χ2v) is 5.70. The van der Waals surface area contributed by atoms with Gasteiger partial charge in [0, 0.05) is 5.02 Å². The van der Waals surface area contributed by atoms with E-state index < -0.39 is 0 Å². The lowest BCUT2D eigenvalue weighted by Crippen LogP contribution is -1.99. The number of rotatable bonds is 3. The van der Waals surface area contributed by atoms with E-state index in [-0.39, 0.29) is 5.82 Å². The van der Waals surface area contributed by atoms with Crippen LogP contribution in [-0.4, -0.2) is 0 Å². The summed E-state index contributed by atoms with van der Waals surface area (Å²) in [6.07, 6.45) is 0. The molecule has 2 aromatic carbocycles. The number of hydrogen-bond donors (Lipinski definition) is 0. The molecule has 4 heteroatoms. The molecule has 0 bridgehead atoms. The minimum Gasteiger partial charge on any atom is -0.488 e. The van der Waals surface area contributed by atoms with Gasteiger partial charge in [-0.2, -0.15) is 0 Å². The Labute approximate surface area is 125 Å². The highest BCUT2D eigenvalue weighted by atomic mass is 79.9. The number of aryl methyl sites for hydroxylation is 2. The summed E-state index contributed by atoms with van der Waals surface area (Å²) in [5, 5.41) is 0.701. The van der Waals surface area contributed by atoms with Gasteiger partial charge in [0.1, 0.15) is 18.2 Å². The lowest BCUT2D eigenvalue weighted by molar-refractivity contribution is 0.301. The maximum atomic E-state index is 13.1. The van der Waals surface area contributed by atoms with Crippen LogP contribution < -0.4 is 4.74 Å². The molecule has 0 radical (unpaired) electrons. The molecule has 0 saturated carbocycles. The molecule has 0 saturated heterocycles. The molecule has 2 aromatic rings. The summed E-state index contributed by atoms with van der Waals surface area (Å²) in [5.41, 5.74) is 2.89. The van der Waals surface area contributed by atoms with E-state index in [0.29, 0.717) is 16.1 Å². The van der Waals surface area contributed by atoms with Gasteiger partial charge < -0.3 is 4.74 Å². The Morgan fingerprint density at radius 2 is 1.79 bits per heavy atom. The highest BCUT2D eigenvalue weighted by Gasteiger charge is 2.07. The fourth-order valence-electron chi connectivity index (χ4n) is 1.91. The summed E-state index contributed by atoms with van der Waals surface area (Å²) >= 11 is 9.14. The summed E-state index contributed by atoms with van der Waals surface area (Å²) in [6, 6.07) is 8.58. The van der Waals surface area contributed by atoms with Crippen LogP contribution in [0.4, 0.5) is 4.39 Å². The zero-order valence-electron chi connectivity index (χ0n) is 10.6. The molecule has 0 spiro atoms. The first-order valence-electron chi connectivity index (χ1n) is 5.81. The van der Waals surface area contributed by atoms with Crippen molar-refractivity contribution >= 4 is 27.5 Å². The summed E-state index contributed by atoms with van der Waals surface area (Å²) < 4.78 is 19.4. The zero-order chi connectivity index (χ0) is 14.0. The molecule has 0 unspecified atom stereocenters. The van der Waals surface area contributed by atoms with Crippen LogP contribution >= 0.6 is 27.5 Å². The van der Waals surface area contributed by atoms with Crippen molar-refractivity contribution in [3.05, 3.63) is 62.3 Å². The fourth-order valence-corrected chi connectivity index (χ4v) is 2.66. The van der Waals surface area contributed by atoms with Gasteiger partial charge in [-0.15, -0.1) is 0 Å². The summed E-state index contributed by atoms with van der Waals surface area (Å²) in [4.78, 5) is 0. The van der Waals surface area contributed by atoms with E-state index in [4.69, 9.17) is 16.3 Å². The number of hydrogen-bond acceptors (Lipinski definition) is 1. The molecule has 0 aromatic heterocycles. The van der Waals surface area contributed by atoms with Gasteiger partial charge in [0.25, 0.3) is 0 Å². The second-order valence-electron chi connectivity index (χ2n) is 4.41. The molecule has 0 amide bonds. The molecule has 0 fully saturated rings. The summed E-state index contributed by atoms with van der Waals surface area (Å²) in [5.74, 6) is 0.549. The predicted octanol–water partition coefficient (Wildman–Crippen LogP) is 5.44. The van der Waals surface area contributed by atoms with Crippen LogP contribution in [0.1, 0.15) is 16.7 Å². The van der Waals surface area contributed by atoms with Crippen molar-refractivity contribution in [1.82, 2.24) is 0 Å². The second kappa shape index (κ2) is 5.93. The molecule has 100 valence electrons. The quantitative estimate of drug-likeness (QED) is 0.721. The molecular formula is C15H13BrClFO. The Bertz CT molecular complexity index is 590. The molecule has 19 heavy (non-hydrogen) atoms. The van der Waals surface area contributed by atoms with Crippen LogP contribution in [0, 0.1) is 19.7 Å². The molecule has 0 aliphatic heterocycles. The van der Waals surface area contributed by atoms with Gasteiger partial charge >= 0.3 is 0 Å². The SMILES string of the molecule is Cc1cc(Cl)cc(C)c1OCc1ccc(F)c(Br)c1. The average molecular weight is 344 g/mol. The monoisotopic (exact) mass is 342 g/mol. The minimum atomic E-state index is -0.275. The van der Waals surface area contributed by atoms with E-state index in [9.17, 15) is 4.39 Å². The van der Waals surface area contributed by atoms with Crippen molar-refractivity contribution in [3.63, 3.8) is 0 Å². The van der Waals surface area contributed by atoms with E-state index in [1.807, 2.05) is 26.0 Å². The standard InChI is InChI=1S/C15H13BrClFO/c1-9-5-12(17)6-10(2)15(9)19-8-11-3-4-14(18)13(16)7-11/h3-7H,8H2,1-2H3. The molecule has 1 nitrogen and oxygen atoms in total. The Hall–Kier alpha value is -1.06. The molecular weight excluding hydrogens is 331 g/mol. The van der Waals surface area contributed by atoms with Crippen molar-refractivity contribution in [2.24, 2.45) is 0 Å². The highest BCUT2D eigenvalue weighted by molar-refractivity contribution is 9.10. The Morgan fingerprint density at radius 3 is 2.37 bits per heavy atom. The normalized spacial score (nSPS) is 10.6. The fraction of sp³-hybridized carbons (Fsp3) is 0.200. The lowest BCUT2D eigenvalue weighted by atomic mass is 10.1. The summed E-state index contributed by atoms with van der Waals surface area (Å²) in [6.45, 7) is 4.30. The van der Waals surface area contributed by atoms with E-state index in [0.717, 1.165) is 22.4 Å². The van der Waals surface area contributed by atoms with Crippen LogP contribution in [0.2, 0.25) is 5.02 Å². The molecule has 2 rings (SSSR count). The first-order valence-corrected chi connectivity index (χ1v) is 6.98. The third-order valence-corrected chi connectivity index (χ3v) is 3.62. The van der Waals surface area contributed by atoms with E-state index in [1.165, 1.54) is 6.07 Å². The third-order valence-electron chi connectivity index (χ3n) is 2.79.